The molecule has 0 aliphatic carbocycles. The van der Waals surface area contributed by atoms with E-state index in [4.69, 9.17) is 0 Å². The standard InChI is InChI=1S/C12H13FN2S/c1-2-15-12(11-4-3-5-16-11)9-6-10(13)8-14-7-9/h3-8,12,15H,2H2,1H3. The van der Waals surface area contributed by atoms with Crippen molar-refractivity contribution in [1.29, 1.82) is 0 Å². The Hall–Kier alpha value is -1.26. The zero-order valence-corrected chi connectivity index (χ0v) is 9.80. The number of aromatic nitrogens is 1. The van der Waals surface area contributed by atoms with E-state index in [1.165, 1.54) is 17.1 Å². The average molecular weight is 236 g/mol. The molecule has 84 valence electrons. The summed E-state index contributed by atoms with van der Waals surface area (Å²) in [5.74, 6) is -0.294. The second-order valence-corrected chi connectivity index (χ2v) is 4.42. The van der Waals surface area contributed by atoms with Gasteiger partial charge >= 0.3 is 0 Å². The maximum absolute atomic E-state index is 13.1. The smallest absolute Gasteiger partial charge is 0.141 e. The molecule has 1 unspecified atom stereocenters. The van der Waals surface area contributed by atoms with Gasteiger partial charge < -0.3 is 5.32 Å². The first-order chi connectivity index (χ1) is 7.81. The largest absolute Gasteiger partial charge is 0.306 e. The average Bonchev–Trinajstić information content (AvgIpc) is 2.79. The van der Waals surface area contributed by atoms with E-state index in [0.717, 1.165) is 12.1 Å². The third kappa shape index (κ3) is 2.46. The summed E-state index contributed by atoms with van der Waals surface area (Å²) in [6.45, 7) is 2.87. The minimum atomic E-state index is -0.294. The fourth-order valence-corrected chi connectivity index (χ4v) is 2.46. The van der Waals surface area contributed by atoms with Crippen molar-refractivity contribution in [1.82, 2.24) is 10.3 Å². The van der Waals surface area contributed by atoms with Crippen LogP contribution in [0.2, 0.25) is 0 Å². The summed E-state index contributed by atoms with van der Waals surface area (Å²) >= 11 is 1.66. The quantitative estimate of drug-likeness (QED) is 0.882. The van der Waals surface area contributed by atoms with Gasteiger partial charge in [0.25, 0.3) is 0 Å². The minimum Gasteiger partial charge on any atom is -0.306 e. The molecule has 0 radical (unpaired) electrons. The Kier molecular flexibility index (Phi) is 3.64. The molecular formula is C12H13FN2S. The van der Waals surface area contributed by atoms with Gasteiger partial charge in [-0.25, -0.2) is 4.39 Å². The number of nitrogens with one attached hydrogen (secondary N) is 1. The molecule has 1 N–H and O–H groups in total. The predicted octanol–water partition coefficient (Wildman–Crippen LogP) is 2.98. The van der Waals surface area contributed by atoms with Crippen LogP contribution < -0.4 is 5.32 Å². The topological polar surface area (TPSA) is 24.9 Å². The zero-order chi connectivity index (χ0) is 11.4. The first-order valence-electron chi connectivity index (χ1n) is 5.18. The van der Waals surface area contributed by atoms with E-state index >= 15 is 0 Å². The maximum atomic E-state index is 13.1. The van der Waals surface area contributed by atoms with Crippen LogP contribution in [0.25, 0.3) is 0 Å². The van der Waals surface area contributed by atoms with Crippen LogP contribution in [-0.2, 0) is 0 Å². The number of halogens is 1. The number of hydrogen-bond donors (Lipinski definition) is 1. The van der Waals surface area contributed by atoms with E-state index in [2.05, 4.69) is 10.3 Å². The van der Waals surface area contributed by atoms with E-state index in [-0.39, 0.29) is 11.9 Å². The molecule has 0 saturated heterocycles. The van der Waals surface area contributed by atoms with Gasteiger partial charge in [0.15, 0.2) is 0 Å². The van der Waals surface area contributed by atoms with E-state index < -0.39 is 0 Å². The molecule has 2 rings (SSSR count). The van der Waals surface area contributed by atoms with Crippen molar-refractivity contribution in [2.45, 2.75) is 13.0 Å². The van der Waals surface area contributed by atoms with Crippen LogP contribution in [-0.4, -0.2) is 11.5 Å². The van der Waals surface area contributed by atoms with Gasteiger partial charge in [-0.1, -0.05) is 13.0 Å². The molecule has 0 amide bonds. The molecule has 2 heterocycles. The normalized spacial score (nSPS) is 12.6. The summed E-state index contributed by atoms with van der Waals surface area (Å²) in [6.07, 6.45) is 2.93. The Labute approximate surface area is 98.2 Å². The lowest BCUT2D eigenvalue weighted by molar-refractivity contribution is 0.599. The highest BCUT2D eigenvalue weighted by molar-refractivity contribution is 7.10. The van der Waals surface area contributed by atoms with Crippen molar-refractivity contribution < 1.29 is 4.39 Å². The van der Waals surface area contributed by atoms with E-state index in [9.17, 15) is 4.39 Å². The van der Waals surface area contributed by atoms with Crippen LogP contribution in [0.1, 0.15) is 23.4 Å². The summed E-state index contributed by atoms with van der Waals surface area (Å²) in [5.41, 5.74) is 0.865. The van der Waals surface area contributed by atoms with Crippen molar-refractivity contribution in [2.75, 3.05) is 6.54 Å². The van der Waals surface area contributed by atoms with Gasteiger partial charge in [0.2, 0.25) is 0 Å². The van der Waals surface area contributed by atoms with Crippen molar-refractivity contribution in [3.05, 3.63) is 52.2 Å². The lowest BCUT2D eigenvalue weighted by Gasteiger charge is -2.16. The second-order valence-electron chi connectivity index (χ2n) is 3.44. The third-order valence-corrected chi connectivity index (χ3v) is 3.23. The summed E-state index contributed by atoms with van der Waals surface area (Å²) in [4.78, 5) is 5.06. The van der Waals surface area contributed by atoms with Gasteiger partial charge in [-0.15, -0.1) is 11.3 Å². The first-order valence-corrected chi connectivity index (χ1v) is 6.06. The number of rotatable bonds is 4. The number of pyridine rings is 1. The van der Waals surface area contributed by atoms with Crippen LogP contribution in [0.15, 0.2) is 36.0 Å². The van der Waals surface area contributed by atoms with Crippen molar-refractivity contribution in [3.8, 4) is 0 Å². The summed E-state index contributed by atoms with van der Waals surface area (Å²) in [7, 11) is 0. The number of thiophene rings is 1. The zero-order valence-electron chi connectivity index (χ0n) is 8.98. The first kappa shape index (κ1) is 11.2. The molecule has 2 nitrogen and oxygen atoms in total. The highest BCUT2D eigenvalue weighted by atomic mass is 32.1. The van der Waals surface area contributed by atoms with E-state index in [1.54, 1.807) is 17.5 Å². The molecule has 2 aromatic rings. The van der Waals surface area contributed by atoms with Crippen LogP contribution in [0.4, 0.5) is 4.39 Å². The van der Waals surface area contributed by atoms with Crippen LogP contribution in [0.5, 0.6) is 0 Å². The van der Waals surface area contributed by atoms with E-state index in [0.29, 0.717) is 0 Å². The molecule has 2 aromatic heterocycles. The van der Waals surface area contributed by atoms with Gasteiger partial charge in [0, 0.05) is 11.1 Å². The van der Waals surface area contributed by atoms with Gasteiger partial charge in [-0.2, -0.15) is 0 Å². The van der Waals surface area contributed by atoms with Gasteiger partial charge in [0.1, 0.15) is 5.82 Å². The number of hydrogen-bond acceptors (Lipinski definition) is 3. The monoisotopic (exact) mass is 236 g/mol. The number of nitrogens with zero attached hydrogens (tertiary/aromatic N) is 1. The van der Waals surface area contributed by atoms with Crippen molar-refractivity contribution in [3.63, 3.8) is 0 Å². The van der Waals surface area contributed by atoms with Gasteiger partial charge in [-0.05, 0) is 29.6 Å². The van der Waals surface area contributed by atoms with Crippen LogP contribution in [0.3, 0.4) is 0 Å². The van der Waals surface area contributed by atoms with E-state index in [1.807, 2.05) is 24.4 Å². The lowest BCUT2D eigenvalue weighted by Crippen LogP contribution is -2.21. The molecule has 16 heavy (non-hydrogen) atoms. The molecule has 0 bridgehead atoms. The highest BCUT2D eigenvalue weighted by Crippen LogP contribution is 2.25. The Morgan fingerprint density at radius 1 is 1.50 bits per heavy atom. The molecule has 0 aliphatic rings. The molecule has 0 aromatic carbocycles. The molecule has 0 aliphatic heterocycles. The predicted molar refractivity (Wildman–Crippen MR) is 64.0 cm³/mol. The van der Waals surface area contributed by atoms with Crippen LogP contribution in [0, 0.1) is 5.82 Å². The van der Waals surface area contributed by atoms with Gasteiger partial charge in [-0.3, -0.25) is 4.98 Å². The van der Waals surface area contributed by atoms with Crippen LogP contribution >= 0.6 is 11.3 Å². The third-order valence-electron chi connectivity index (χ3n) is 2.30. The molecule has 0 spiro atoms. The summed E-state index contributed by atoms with van der Waals surface area (Å²) in [5, 5.41) is 5.35. The maximum Gasteiger partial charge on any atom is 0.141 e. The lowest BCUT2D eigenvalue weighted by atomic mass is 10.1. The fraction of sp³-hybridized carbons (Fsp3) is 0.250. The van der Waals surface area contributed by atoms with Gasteiger partial charge in [0.05, 0.1) is 12.2 Å². The molecule has 0 fully saturated rings. The molecular weight excluding hydrogens is 223 g/mol. The van der Waals surface area contributed by atoms with Crippen molar-refractivity contribution in [2.24, 2.45) is 0 Å². The molecule has 1 atom stereocenters. The fourth-order valence-electron chi connectivity index (χ4n) is 1.63. The molecule has 0 saturated carbocycles. The summed E-state index contributed by atoms with van der Waals surface area (Å²) in [6, 6.07) is 5.60. The minimum absolute atomic E-state index is 0.0354. The SMILES string of the molecule is CCNC(c1cncc(F)c1)c1cccs1. The Morgan fingerprint density at radius 3 is 3.00 bits per heavy atom. The Morgan fingerprint density at radius 2 is 2.38 bits per heavy atom. The van der Waals surface area contributed by atoms with Crippen molar-refractivity contribution >= 4 is 11.3 Å². The Balaban J connectivity index is 2.33. The molecule has 4 heteroatoms. The summed E-state index contributed by atoms with van der Waals surface area (Å²) < 4.78 is 13.1. The Bertz CT molecular complexity index is 442. The highest BCUT2D eigenvalue weighted by Gasteiger charge is 2.14. The second kappa shape index (κ2) is 5.18.